The molecule has 1 aliphatic heterocycles. The lowest BCUT2D eigenvalue weighted by molar-refractivity contribution is 0.367. The summed E-state index contributed by atoms with van der Waals surface area (Å²) in [6, 6.07) is 0.785. The molecular weight excluding hydrogens is 231 g/mol. The van der Waals surface area contributed by atoms with Gasteiger partial charge in [-0.1, -0.05) is 6.92 Å². The monoisotopic (exact) mass is 252 g/mol. The first-order valence-electron chi connectivity index (χ1n) is 6.70. The van der Waals surface area contributed by atoms with E-state index in [0.29, 0.717) is 18.0 Å². The molecule has 5 heteroatoms. The topological polar surface area (TPSA) is 41.0 Å². The number of nitrogens with zero attached hydrogens (tertiary/aromatic N) is 3. The molecule has 2 rings (SSSR count). The minimum Gasteiger partial charge on any atom is -0.336 e. The van der Waals surface area contributed by atoms with Crippen molar-refractivity contribution in [2.75, 3.05) is 18.0 Å². The molecule has 0 aliphatic carbocycles. The highest BCUT2D eigenvalue weighted by Crippen LogP contribution is 2.23. The molecular formula is C13H21FN4. The van der Waals surface area contributed by atoms with E-state index in [1.807, 2.05) is 0 Å². The summed E-state index contributed by atoms with van der Waals surface area (Å²) < 4.78 is 12.9. The van der Waals surface area contributed by atoms with Crippen molar-refractivity contribution in [2.24, 2.45) is 0 Å². The maximum absolute atomic E-state index is 12.9. The highest BCUT2D eigenvalue weighted by atomic mass is 19.1. The average molecular weight is 252 g/mol. The second kappa shape index (κ2) is 6.09. The lowest BCUT2D eigenvalue weighted by atomic mass is 9.97. The summed E-state index contributed by atoms with van der Waals surface area (Å²) in [5.74, 6) is 0.262. The van der Waals surface area contributed by atoms with Crippen molar-refractivity contribution in [3.8, 4) is 0 Å². The van der Waals surface area contributed by atoms with Crippen LogP contribution in [0.1, 0.15) is 33.1 Å². The van der Waals surface area contributed by atoms with Crippen LogP contribution in [0.5, 0.6) is 0 Å². The maximum atomic E-state index is 12.9. The van der Waals surface area contributed by atoms with Crippen molar-refractivity contribution in [1.29, 1.82) is 0 Å². The van der Waals surface area contributed by atoms with Crippen LogP contribution in [0.15, 0.2) is 12.4 Å². The fraction of sp³-hybridized carbons (Fsp3) is 0.692. The van der Waals surface area contributed by atoms with Gasteiger partial charge in [0.05, 0.1) is 12.4 Å². The summed E-state index contributed by atoms with van der Waals surface area (Å²) in [6.45, 7) is 6.20. The zero-order valence-corrected chi connectivity index (χ0v) is 11.1. The summed E-state index contributed by atoms with van der Waals surface area (Å²) in [5.41, 5.74) is 0. The molecule has 0 aromatic carbocycles. The van der Waals surface area contributed by atoms with Gasteiger partial charge in [0.2, 0.25) is 5.95 Å². The Morgan fingerprint density at radius 1 is 1.44 bits per heavy atom. The van der Waals surface area contributed by atoms with Gasteiger partial charge in [-0.05, 0) is 32.7 Å². The highest BCUT2D eigenvalue weighted by molar-refractivity contribution is 5.32. The number of anilines is 1. The first-order valence-corrected chi connectivity index (χ1v) is 6.70. The summed E-state index contributed by atoms with van der Waals surface area (Å²) in [4.78, 5) is 10.4. The fourth-order valence-electron chi connectivity index (χ4n) is 2.64. The van der Waals surface area contributed by atoms with Gasteiger partial charge in [-0.3, -0.25) is 0 Å². The molecule has 0 spiro atoms. The Labute approximate surface area is 108 Å². The molecule has 2 atom stereocenters. The zero-order chi connectivity index (χ0) is 13.0. The molecule has 0 saturated carbocycles. The van der Waals surface area contributed by atoms with E-state index in [1.165, 1.54) is 18.8 Å². The van der Waals surface area contributed by atoms with Crippen LogP contribution >= 0.6 is 0 Å². The molecule has 1 fully saturated rings. The van der Waals surface area contributed by atoms with Gasteiger partial charge in [-0.15, -0.1) is 0 Å². The minimum atomic E-state index is -0.382. The van der Waals surface area contributed by atoms with Crippen LogP contribution in [0.2, 0.25) is 0 Å². The molecule has 1 aromatic heterocycles. The van der Waals surface area contributed by atoms with E-state index in [9.17, 15) is 4.39 Å². The van der Waals surface area contributed by atoms with Gasteiger partial charge in [0.1, 0.15) is 0 Å². The number of nitrogens with one attached hydrogen (secondary N) is 1. The molecule has 18 heavy (non-hydrogen) atoms. The maximum Gasteiger partial charge on any atom is 0.225 e. The van der Waals surface area contributed by atoms with Gasteiger partial charge in [0.25, 0.3) is 0 Å². The van der Waals surface area contributed by atoms with Crippen molar-refractivity contribution in [2.45, 2.75) is 45.2 Å². The van der Waals surface area contributed by atoms with Gasteiger partial charge < -0.3 is 10.2 Å². The van der Waals surface area contributed by atoms with Gasteiger partial charge >= 0.3 is 0 Å². The number of halogens is 1. The lowest BCUT2D eigenvalue weighted by Gasteiger charge is -2.39. The largest absolute Gasteiger partial charge is 0.336 e. The van der Waals surface area contributed by atoms with Gasteiger partial charge in [-0.25, -0.2) is 14.4 Å². The van der Waals surface area contributed by atoms with Crippen molar-refractivity contribution >= 4 is 5.95 Å². The number of aromatic nitrogens is 2. The van der Waals surface area contributed by atoms with Crippen LogP contribution in [0.3, 0.4) is 0 Å². The molecule has 0 bridgehead atoms. The molecule has 0 amide bonds. The summed E-state index contributed by atoms with van der Waals surface area (Å²) in [5, 5.41) is 3.46. The van der Waals surface area contributed by atoms with E-state index in [-0.39, 0.29) is 5.82 Å². The number of rotatable bonds is 4. The molecule has 2 unspecified atom stereocenters. The van der Waals surface area contributed by atoms with Crippen LogP contribution in [0.4, 0.5) is 10.3 Å². The Morgan fingerprint density at radius 3 is 2.83 bits per heavy atom. The fourth-order valence-corrected chi connectivity index (χ4v) is 2.64. The molecule has 4 nitrogen and oxygen atoms in total. The van der Waals surface area contributed by atoms with E-state index >= 15 is 0 Å². The van der Waals surface area contributed by atoms with Crippen molar-refractivity contribution < 1.29 is 4.39 Å². The summed E-state index contributed by atoms with van der Waals surface area (Å²) in [7, 11) is 0. The van der Waals surface area contributed by atoms with Crippen LogP contribution in [-0.4, -0.2) is 35.1 Å². The Balaban J connectivity index is 2.14. The van der Waals surface area contributed by atoms with Crippen LogP contribution < -0.4 is 10.2 Å². The Morgan fingerprint density at radius 2 is 2.17 bits per heavy atom. The van der Waals surface area contributed by atoms with Gasteiger partial charge in [-0.2, -0.15) is 0 Å². The Hall–Kier alpha value is -1.23. The normalized spacial score (nSPS) is 21.9. The number of likely N-dealkylation sites (N-methyl/N-ethyl adjacent to an activating group) is 1. The van der Waals surface area contributed by atoms with Gasteiger partial charge in [0, 0.05) is 18.6 Å². The van der Waals surface area contributed by atoms with Crippen molar-refractivity contribution in [1.82, 2.24) is 15.3 Å². The molecule has 2 heterocycles. The molecule has 1 aliphatic rings. The first-order chi connectivity index (χ1) is 8.72. The second-order valence-corrected chi connectivity index (χ2v) is 4.80. The lowest BCUT2D eigenvalue weighted by Crippen LogP contribution is -2.51. The third kappa shape index (κ3) is 2.96. The van der Waals surface area contributed by atoms with E-state index in [2.05, 4.69) is 34.0 Å². The van der Waals surface area contributed by atoms with Crippen molar-refractivity contribution in [3.05, 3.63) is 18.2 Å². The first kappa shape index (κ1) is 13.2. The summed E-state index contributed by atoms with van der Waals surface area (Å²) >= 11 is 0. The summed E-state index contributed by atoms with van der Waals surface area (Å²) in [6.07, 6.45) is 6.00. The quantitative estimate of drug-likeness (QED) is 0.889. The van der Waals surface area contributed by atoms with E-state index in [1.54, 1.807) is 0 Å². The average Bonchev–Trinajstić information content (AvgIpc) is 2.40. The van der Waals surface area contributed by atoms with E-state index in [4.69, 9.17) is 0 Å². The number of piperidine rings is 1. The van der Waals surface area contributed by atoms with E-state index in [0.717, 1.165) is 25.9 Å². The molecule has 1 saturated heterocycles. The molecule has 1 N–H and O–H groups in total. The van der Waals surface area contributed by atoms with Gasteiger partial charge in [0.15, 0.2) is 5.82 Å². The highest BCUT2D eigenvalue weighted by Gasteiger charge is 2.28. The molecule has 0 radical (unpaired) electrons. The standard InChI is InChI=1S/C13H21FN4/c1-3-15-10(2)12-6-4-5-7-18(12)13-16-8-11(14)9-17-13/h8-10,12,15H,3-7H2,1-2H3. The Kier molecular flexibility index (Phi) is 4.47. The third-order valence-electron chi connectivity index (χ3n) is 3.52. The molecule has 100 valence electrons. The zero-order valence-electron chi connectivity index (χ0n) is 11.1. The molecule has 1 aromatic rings. The van der Waals surface area contributed by atoms with Crippen LogP contribution in [0.25, 0.3) is 0 Å². The predicted octanol–water partition coefficient (Wildman–Crippen LogP) is 1.97. The van der Waals surface area contributed by atoms with Crippen molar-refractivity contribution in [3.63, 3.8) is 0 Å². The minimum absolute atomic E-state index is 0.382. The Bertz CT molecular complexity index is 368. The van der Waals surface area contributed by atoms with Crippen LogP contribution in [-0.2, 0) is 0 Å². The smallest absolute Gasteiger partial charge is 0.225 e. The number of hydrogen-bond donors (Lipinski definition) is 1. The number of hydrogen-bond acceptors (Lipinski definition) is 4. The third-order valence-corrected chi connectivity index (χ3v) is 3.52. The SMILES string of the molecule is CCNC(C)C1CCCCN1c1ncc(F)cn1. The van der Waals surface area contributed by atoms with E-state index < -0.39 is 0 Å². The second-order valence-electron chi connectivity index (χ2n) is 4.80. The predicted molar refractivity (Wildman–Crippen MR) is 70.1 cm³/mol. The van der Waals surface area contributed by atoms with Crippen LogP contribution in [0, 0.1) is 5.82 Å².